The van der Waals surface area contributed by atoms with Gasteiger partial charge in [0.05, 0.1) is 6.10 Å². The predicted molar refractivity (Wildman–Crippen MR) is 88.6 cm³/mol. The van der Waals surface area contributed by atoms with Gasteiger partial charge in [0.1, 0.15) is 0 Å². The molecule has 0 saturated carbocycles. The molecule has 0 saturated heterocycles. The molecule has 0 aliphatic heterocycles. The summed E-state index contributed by atoms with van der Waals surface area (Å²) in [6.07, 6.45) is -0.572. The lowest BCUT2D eigenvalue weighted by molar-refractivity contribution is 0.146. The summed E-state index contributed by atoms with van der Waals surface area (Å²) in [5.41, 5.74) is 12.8. The van der Waals surface area contributed by atoms with Crippen molar-refractivity contribution in [3.8, 4) is 0 Å². The van der Waals surface area contributed by atoms with Crippen molar-refractivity contribution in [1.29, 1.82) is 0 Å². The van der Waals surface area contributed by atoms with Crippen LogP contribution in [0.25, 0.3) is 0 Å². The van der Waals surface area contributed by atoms with E-state index < -0.39 is 6.10 Å². The highest BCUT2D eigenvalue weighted by Crippen LogP contribution is 2.33. The summed E-state index contributed by atoms with van der Waals surface area (Å²) in [6, 6.07) is 12.5. The van der Waals surface area contributed by atoms with Crippen molar-refractivity contribution in [2.24, 2.45) is 5.73 Å². The number of aryl methyl sites for hydroxylation is 4. The molecule has 112 valence electrons. The van der Waals surface area contributed by atoms with Gasteiger partial charge in [-0.2, -0.15) is 0 Å². The van der Waals surface area contributed by atoms with Crippen LogP contribution in [0.1, 0.15) is 45.4 Å². The molecule has 2 heteroatoms. The van der Waals surface area contributed by atoms with Crippen molar-refractivity contribution < 1.29 is 5.11 Å². The first kappa shape index (κ1) is 15.7. The fourth-order valence-corrected chi connectivity index (χ4v) is 2.74. The van der Waals surface area contributed by atoms with E-state index in [9.17, 15) is 5.11 Å². The molecule has 2 unspecified atom stereocenters. The smallest absolute Gasteiger partial charge is 0.0873 e. The van der Waals surface area contributed by atoms with E-state index in [-0.39, 0.29) is 5.92 Å². The molecule has 0 radical (unpaired) electrons. The fourth-order valence-electron chi connectivity index (χ4n) is 2.74. The third kappa shape index (κ3) is 3.34. The van der Waals surface area contributed by atoms with Crippen LogP contribution in [0.5, 0.6) is 0 Å². The Morgan fingerprint density at radius 1 is 0.905 bits per heavy atom. The van der Waals surface area contributed by atoms with Gasteiger partial charge < -0.3 is 10.8 Å². The maximum atomic E-state index is 10.8. The lowest BCUT2D eigenvalue weighted by Crippen LogP contribution is -2.21. The Balaban J connectivity index is 2.40. The van der Waals surface area contributed by atoms with E-state index in [4.69, 9.17) is 5.73 Å². The van der Waals surface area contributed by atoms with Gasteiger partial charge in [-0.15, -0.1) is 0 Å². The van der Waals surface area contributed by atoms with Crippen LogP contribution in [0, 0.1) is 27.7 Å². The van der Waals surface area contributed by atoms with Crippen LogP contribution < -0.4 is 5.73 Å². The van der Waals surface area contributed by atoms with Gasteiger partial charge in [0, 0.05) is 12.5 Å². The molecule has 2 nitrogen and oxygen atoms in total. The Bertz CT molecular complexity index is 633. The zero-order chi connectivity index (χ0) is 15.6. The van der Waals surface area contributed by atoms with E-state index >= 15 is 0 Å². The topological polar surface area (TPSA) is 46.2 Å². The number of aliphatic hydroxyl groups is 1. The lowest BCUT2D eigenvalue weighted by Gasteiger charge is -2.24. The number of nitrogens with two attached hydrogens (primary N) is 1. The molecule has 21 heavy (non-hydrogen) atoms. The first-order valence-electron chi connectivity index (χ1n) is 7.46. The molecule has 0 heterocycles. The van der Waals surface area contributed by atoms with Crippen molar-refractivity contribution in [3.05, 3.63) is 69.8 Å². The summed E-state index contributed by atoms with van der Waals surface area (Å²) in [4.78, 5) is 0. The van der Waals surface area contributed by atoms with E-state index in [1.165, 1.54) is 11.1 Å². The SMILES string of the molecule is Cc1ccc(C)c(C(O)C(CN)c2ccc(C)c(C)c2)c1. The second kappa shape index (κ2) is 6.42. The van der Waals surface area contributed by atoms with Gasteiger partial charge in [-0.25, -0.2) is 0 Å². The second-order valence-electron chi connectivity index (χ2n) is 5.99. The summed E-state index contributed by atoms with van der Waals surface area (Å²) in [5.74, 6) is -0.0789. The lowest BCUT2D eigenvalue weighted by atomic mass is 9.86. The van der Waals surface area contributed by atoms with Crippen LogP contribution in [-0.2, 0) is 0 Å². The van der Waals surface area contributed by atoms with Crippen LogP contribution in [0.2, 0.25) is 0 Å². The summed E-state index contributed by atoms with van der Waals surface area (Å²) in [5, 5.41) is 10.8. The number of hydrogen-bond acceptors (Lipinski definition) is 2. The van der Waals surface area contributed by atoms with E-state index in [0.717, 1.165) is 22.3 Å². The molecule has 0 fully saturated rings. The van der Waals surface area contributed by atoms with E-state index in [1.807, 2.05) is 13.8 Å². The van der Waals surface area contributed by atoms with Gasteiger partial charge >= 0.3 is 0 Å². The Kier molecular flexibility index (Phi) is 4.81. The Labute approximate surface area is 127 Å². The minimum atomic E-state index is -0.572. The van der Waals surface area contributed by atoms with E-state index in [0.29, 0.717) is 6.54 Å². The normalized spacial score (nSPS) is 14.0. The van der Waals surface area contributed by atoms with Crippen molar-refractivity contribution in [3.63, 3.8) is 0 Å². The third-order valence-corrected chi connectivity index (χ3v) is 4.35. The molecule has 2 atom stereocenters. The monoisotopic (exact) mass is 283 g/mol. The molecule has 0 aromatic heterocycles. The van der Waals surface area contributed by atoms with Crippen molar-refractivity contribution in [2.45, 2.75) is 39.7 Å². The summed E-state index contributed by atoms with van der Waals surface area (Å²) < 4.78 is 0. The molecule has 0 aliphatic rings. The highest BCUT2D eigenvalue weighted by atomic mass is 16.3. The van der Waals surface area contributed by atoms with Crippen LogP contribution in [0.4, 0.5) is 0 Å². The molecule has 0 aliphatic carbocycles. The molecule has 0 spiro atoms. The van der Waals surface area contributed by atoms with Gasteiger partial charge in [0.2, 0.25) is 0 Å². The standard InChI is InChI=1S/C19H25NO/c1-12-5-6-14(3)17(9-12)19(21)18(11-20)16-8-7-13(2)15(4)10-16/h5-10,18-19,21H,11,20H2,1-4H3. The molecular weight excluding hydrogens is 258 g/mol. The van der Waals surface area contributed by atoms with Crippen molar-refractivity contribution in [1.82, 2.24) is 0 Å². The molecule has 2 rings (SSSR count). The number of aliphatic hydroxyl groups excluding tert-OH is 1. The van der Waals surface area contributed by atoms with Gasteiger partial charge in [-0.05, 0) is 55.5 Å². The quantitative estimate of drug-likeness (QED) is 0.899. The predicted octanol–water partition coefficient (Wildman–Crippen LogP) is 3.70. The minimum Gasteiger partial charge on any atom is -0.388 e. The summed E-state index contributed by atoms with van der Waals surface area (Å²) >= 11 is 0. The number of rotatable bonds is 4. The molecular formula is C19H25NO. The fraction of sp³-hybridized carbons (Fsp3) is 0.368. The van der Waals surface area contributed by atoms with Crippen LogP contribution in [-0.4, -0.2) is 11.7 Å². The van der Waals surface area contributed by atoms with Crippen LogP contribution in [0.15, 0.2) is 36.4 Å². The Morgan fingerprint density at radius 3 is 2.19 bits per heavy atom. The third-order valence-electron chi connectivity index (χ3n) is 4.35. The minimum absolute atomic E-state index is 0.0789. The van der Waals surface area contributed by atoms with Gasteiger partial charge in [0.25, 0.3) is 0 Å². The van der Waals surface area contributed by atoms with E-state index in [2.05, 4.69) is 50.2 Å². The summed E-state index contributed by atoms with van der Waals surface area (Å²) in [6.45, 7) is 8.69. The Hall–Kier alpha value is -1.64. The van der Waals surface area contributed by atoms with Gasteiger partial charge in [0.15, 0.2) is 0 Å². The number of hydrogen-bond donors (Lipinski definition) is 2. The number of benzene rings is 2. The van der Waals surface area contributed by atoms with Crippen molar-refractivity contribution >= 4 is 0 Å². The average molecular weight is 283 g/mol. The highest BCUT2D eigenvalue weighted by molar-refractivity contribution is 5.37. The zero-order valence-electron chi connectivity index (χ0n) is 13.4. The van der Waals surface area contributed by atoms with Crippen molar-refractivity contribution in [2.75, 3.05) is 6.54 Å². The maximum absolute atomic E-state index is 10.8. The average Bonchev–Trinajstić information content (AvgIpc) is 2.46. The Morgan fingerprint density at radius 2 is 1.57 bits per heavy atom. The first-order valence-corrected chi connectivity index (χ1v) is 7.46. The highest BCUT2D eigenvalue weighted by Gasteiger charge is 2.23. The molecule has 0 amide bonds. The largest absolute Gasteiger partial charge is 0.388 e. The molecule has 3 N–H and O–H groups in total. The van der Waals surface area contributed by atoms with Crippen LogP contribution >= 0.6 is 0 Å². The van der Waals surface area contributed by atoms with Gasteiger partial charge in [-0.1, -0.05) is 42.0 Å². The molecule has 0 bridgehead atoms. The van der Waals surface area contributed by atoms with Crippen LogP contribution in [0.3, 0.4) is 0 Å². The second-order valence-corrected chi connectivity index (χ2v) is 5.99. The molecule has 2 aromatic rings. The zero-order valence-corrected chi connectivity index (χ0v) is 13.4. The van der Waals surface area contributed by atoms with Gasteiger partial charge in [-0.3, -0.25) is 0 Å². The first-order chi connectivity index (χ1) is 9.93. The maximum Gasteiger partial charge on any atom is 0.0873 e. The van der Waals surface area contributed by atoms with E-state index in [1.54, 1.807) is 0 Å². The molecule has 2 aromatic carbocycles. The summed E-state index contributed by atoms with van der Waals surface area (Å²) in [7, 11) is 0.